The van der Waals surface area contributed by atoms with Crippen molar-refractivity contribution in [3.8, 4) is 5.75 Å². The molecule has 1 saturated carbocycles. The molecule has 36 heavy (non-hydrogen) atoms. The average Bonchev–Trinajstić information content (AvgIpc) is 3.63. The van der Waals surface area contributed by atoms with Crippen molar-refractivity contribution in [1.82, 2.24) is 20.5 Å². The van der Waals surface area contributed by atoms with Crippen molar-refractivity contribution >= 4 is 34.4 Å². The molecule has 1 aromatic heterocycles. The molecule has 2 atom stereocenters. The van der Waals surface area contributed by atoms with Crippen molar-refractivity contribution in [2.24, 2.45) is 11.3 Å². The van der Waals surface area contributed by atoms with E-state index in [0.29, 0.717) is 43.8 Å². The van der Waals surface area contributed by atoms with Crippen molar-refractivity contribution in [3.63, 3.8) is 0 Å². The van der Waals surface area contributed by atoms with Crippen LogP contribution in [0.25, 0.3) is 10.9 Å². The van der Waals surface area contributed by atoms with Gasteiger partial charge in [0.2, 0.25) is 11.8 Å². The summed E-state index contributed by atoms with van der Waals surface area (Å²) in [6, 6.07) is 6.18. The lowest BCUT2D eigenvalue weighted by atomic mass is 9.61. The number of H-pyrrole nitrogens is 1. The van der Waals surface area contributed by atoms with Gasteiger partial charge in [0.1, 0.15) is 23.6 Å². The number of amides is 3. The number of methoxy groups -OCH3 is 1. The molecule has 3 saturated heterocycles. The normalized spacial score (nSPS) is 27.3. The van der Waals surface area contributed by atoms with E-state index in [1.165, 1.54) is 0 Å². The van der Waals surface area contributed by atoms with Gasteiger partial charge in [-0.1, -0.05) is 12.1 Å². The molecule has 2 aromatic rings. The molecule has 10 nitrogen and oxygen atoms in total. The number of hydrogen-bond donors (Lipinski definition) is 4. The van der Waals surface area contributed by atoms with E-state index in [2.05, 4.69) is 22.2 Å². The van der Waals surface area contributed by atoms with E-state index in [1.807, 2.05) is 18.2 Å². The maximum atomic E-state index is 13.7. The van der Waals surface area contributed by atoms with Crippen LogP contribution in [0.5, 0.6) is 5.75 Å². The number of aromatic amines is 1. The fourth-order valence-electron chi connectivity index (χ4n) is 6.03. The number of nitrogens with one attached hydrogen (secondary N) is 3. The van der Waals surface area contributed by atoms with Gasteiger partial charge in [-0.3, -0.25) is 19.2 Å². The van der Waals surface area contributed by atoms with Crippen molar-refractivity contribution < 1.29 is 29.0 Å². The number of hydrogen-bond acceptors (Lipinski definition) is 6. The maximum Gasteiger partial charge on any atom is 0.271 e. The number of carbonyl (C=O) groups is 4. The number of ketones is 1. The molecule has 4 heterocycles. The molecule has 0 spiro atoms. The van der Waals surface area contributed by atoms with Crippen LogP contribution in [0.4, 0.5) is 0 Å². The Bertz CT molecular complexity index is 1260. The van der Waals surface area contributed by atoms with Gasteiger partial charge in [0.05, 0.1) is 13.2 Å². The Labute approximate surface area is 208 Å². The summed E-state index contributed by atoms with van der Waals surface area (Å²) in [7, 11) is 1.56. The second kappa shape index (κ2) is 8.77. The molecule has 1 aliphatic carbocycles. The zero-order valence-electron chi connectivity index (χ0n) is 20.1. The van der Waals surface area contributed by atoms with Crippen LogP contribution in [0.15, 0.2) is 36.9 Å². The van der Waals surface area contributed by atoms with Gasteiger partial charge in [0, 0.05) is 35.3 Å². The summed E-state index contributed by atoms with van der Waals surface area (Å²) >= 11 is 0. The van der Waals surface area contributed by atoms with E-state index in [0.717, 1.165) is 10.9 Å². The number of Topliss-reactive ketones (excluding diaryl/α,β-unsaturated/α-hetero) is 1. The lowest BCUT2D eigenvalue weighted by molar-refractivity contribution is -0.138. The number of aliphatic hydroxyl groups excluding tert-OH is 1. The van der Waals surface area contributed by atoms with Gasteiger partial charge in [-0.15, -0.1) is 6.58 Å². The van der Waals surface area contributed by atoms with Gasteiger partial charge in [-0.25, -0.2) is 0 Å². The fraction of sp³-hybridized carbons (Fsp3) is 0.462. The van der Waals surface area contributed by atoms with Crippen LogP contribution in [0.1, 0.15) is 36.2 Å². The highest BCUT2D eigenvalue weighted by atomic mass is 16.5. The maximum absolute atomic E-state index is 13.7. The lowest BCUT2D eigenvalue weighted by Gasteiger charge is -2.45. The lowest BCUT2D eigenvalue weighted by Crippen LogP contribution is -2.63. The van der Waals surface area contributed by atoms with E-state index >= 15 is 0 Å². The molecule has 6 rings (SSSR count). The highest BCUT2D eigenvalue weighted by Crippen LogP contribution is 2.60. The number of rotatable bonds is 9. The number of aromatic nitrogens is 1. The van der Waals surface area contributed by atoms with E-state index in [-0.39, 0.29) is 23.7 Å². The second-order valence-corrected chi connectivity index (χ2v) is 10.1. The molecular formula is C26H30N4O6. The van der Waals surface area contributed by atoms with Crippen LogP contribution < -0.4 is 15.4 Å². The first kappa shape index (κ1) is 24.1. The quantitative estimate of drug-likeness (QED) is 0.382. The third kappa shape index (κ3) is 3.67. The van der Waals surface area contributed by atoms with Crippen molar-refractivity contribution in [2.45, 2.75) is 37.3 Å². The Morgan fingerprint density at radius 2 is 2.14 bits per heavy atom. The Morgan fingerprint density at radius 1 is 1.36 bits per heavy atom. The third-order valence-electron chi connectivity index (χ3n) is 7.99. The molecule has 0 radical (unpaired) electrons. The molecule has 190 valence electrons. The number of carbonyl (C=O) groups excluding carboxylic acids is 4. The first-order valence-corrected chi connectivity index (χ1v) is 12.1. The summed E-state index contributed by atoms with van der Waals surface area (Å²) in [6.07, 6.45) is 3.25. The number of benzene rings is 1. The van der Waals surface area contributed by atoms with Gasteiger partial charge in [-0.2, -0.15) is 0 Å². The third-order valence-corrected chi connectivity index (χ3v) is 7.99. The van der Waals surface area contributed by atoms with Gasteiger partial charge < -0.3 is 30.4 Å². The first-order valence-electron chi connectivity index (χ1n) is 12.1. The average molecular weight is 495 g/mol. The minimum Gasteiger partial charge on any atom is -0.496 e. The largest absolute Gasteiger partial charge is 0.496 e. The minimum atomic E-state index is -1.14. The number of nitrogens with zero attached hydrogens (tertiary/aromatic N) is 1. The molecular weight excluding hydrogens is 464 g/mol. The highest BCUT2D eigenvalue weighted by Gasteiger charge is 2.69. The van der Waals surface area contributed by atoms with Crippen LogP contribution in [-0.2, 0) is 14.4 Å². The molecule has 4 aliphatic rings. The van der Waals surface area contributed by atoms with E-state index < -0.39 is 35.8 Å². The second-order valence-electron chi connectivity index (χ2n) is 10.1. The molecule has 3 aliphatic heterocycles. The van der Waals surface area contributed by atoms with Gasteiger partial charge in [0.15, 0.2) is 5.78 Å². The molecule has 2 unspecified atom stereocenters. The van der Waals surface area contributed by atoms with E-state index in [4.69, 9.17) is 4.74 Å². The zero-order valence-corrected chi connectivity index (χ0v) is 20.1. The summed E-state index contributed by atoms with van der Waals surface area (Å²) in [5.41, 5.74) is -0.444. The zero-order chi connectivity index (χ0) is 25.7. The molecule has 4 fully saturated rings. The number of ether oxygens (including phenoxy) is 1. The molecule has 4 N–H and O–H groups in total. The first-order chi connectivity index (χ1) is 17.3. The fourth-order valence-corrected chi connectivity index (χ4v) is 6.03. The highest BCUT2D eigenvalue weighted by molar-refractivity contribution is 6.04. The Morgan fingerprint density at radius 3 is 2.78 bits per heavy atom. The van der Waals surface area contributed by atoms with Gasteiger partial charge >= 0.3 is 0 Å². The van der Waals surface area contributed by atoms with Crippen molar-refractivity contribution in [3.05, 3.63) is 42.6 Å². The standard InChI is InChI=1S/C26H30N4O6/c1-3-25-12-26(13-25,24(35)29-18(20(32)11-31)9-15-7-8-27-22(15)33)30(14-25)23(34)19-10-16-17(28-19)5-4-6-21(16)36-2/h3-6,10,15,18,28,31H,1,7-9,11-14H2,2H3,(H,27,33)(H,29,35). The van der Waals surface area contributed by atoms with E-state index in [9.17, 15) is 24.3 Å². The smallest absolute Gasteiger partial charge is 0.271 e. The van der Waals surface area contributed by atoms with Crippen LogP contribution in [0, 0.1) is 11.3 Å². The summed E-state index contributed by atoms with van der Waals surface area (Å²) in [5.74, 6) is -1.30. The van der Waals surface area contributed by atoms with Crippen molar-refractivity contribution in [1.29, 1.82) is 0 Å². The molecule has 2 bridgehead atoms. The predicted octanol–water partition coefficient (Wildman–Crippen LogP) is 0.910. The van der Waals surface area contributed by atoms with Gasteiger partial charge in [-0.05, 0) is 43.9 Å². The van der Waals surface area contributed by atoms with Crippen LogP contribution in [-0.4, -0.2) is 76.9 Å². The minimum absolute atomic E-state index is 0.107. The van der Waals surface area contributed by atoms with Crippen LogP contribution in [0.3, 0.4) is 0 Å². The topological polar surface area (TPSA) is 141 Å². The predicted molar refractivity (Wildman–Crippen MR) is 130 cm³/mol. The molecule has 10 heteroatoms. The van der Waals surface area contributed by atoms with Crippen LogP contribution in [0.2, 0.25) is 0 Å². The summed E-state index contributed by atoms with van der Waals surface area (Å²) < 4.78 is 5.40. The van der Waals surface area contributed by atoms with Crippen molar-refractivity contribution in [2.75, 3.05) is 26.8 Å². The Hall–Kier alpha value is -3.66. The Kier molecular flexibility index (Phi) is 5.86. The monoisotopic (exact) mass is 494 g/mol. The Balaban J connectivity index is 1.41. The molecule has 1 aromatic carbocycles. The number of aliphatic hydroxyl groups is 1. The summed E-state index contributed by atoms with van der Waals surface area (Å²) in [6.45, 7) is 4.02. The van der Waals surface area contributed by atoms with E-state index in [1.54, 1.807) is 24.2 Å². The SMILES string of the molecule is C=CC12CN(C(=O)c3cc4c(OC)cccc4[nH]3)C(C(=O)NC(CC3CCNC3=O)C(=O)CO)(C1)C2. The summed E-state index contributed by atoms with van der Waals surface area (Å²) in [5, 5.41) is 15.7. The summed E-state index contributed by atoms with van der Waals surface area (Å²) in [4.78, 5) is 56.6. The number of fused-ring (bicyclic) bond motifs is 2. The van der Waals surface area contributed by atoms with Gasteiger partial charge in [0.25, 0.3) is 5.91 Å². The molecule has 3 amide bonds. The van der Waals surface area contributed by atoms with Crippen LogP contribution >= 0.6 is 0 Å².